The lowest BCUT2D eigenvalue weighted by Gasteiger charge is -2.37. The van der Waals surface area contributed by atoms with Crippen LogP contribution in [0.4, 0.5) is 0 Å². The Morgan fingerprint density at radius 2 is 1.67 bits per heavy atom. The summed E-state index contributed by atoms with van der Waals surface area (Å²) in [7, 11) is -3.04. The van der Waals surface area contributed by atoms with E-state index in [1.54, 1.807) is 4.31 Å². The molecule has 5 nitrogen and oxygen atoms in total. The number of nitrogens with one attached hydrogen (secondary N) is 1. The number of rotatable bonds is 4. The number of hydrogen-bond acceptors (Lipinski definition) is 4. The fourth-order valence-corrected chi connectivity index (χ4v) is 5.91. The molecule has 2 heterocycles. The average molecular weight is 315 g/mol. The Morgan fingerprint density at radius 3 is 2.29 bits per heavy atom. The molecule has 0 aromatic carbocycles. The molecule has 6 heteroatoms. The normalized spacial score (nSPS) is 30.8. The summed E-state index contributed by atoms with van der Waals surface area (Å²) < 4.78 is 26.9. The van der Waals surface area contributed by atoms with Crippen molar-refractivity contribution in [2.75, 3.05) is 45.0 Å². The van der Waals surface area contributed by atoms with Crippen LogP contribution in [0.5, 0.6) is 0 Å². The van der Waals surface area contributed by atoms with E-state index in [1.807, 2.05) is 0 Å². The van der Waals surface area contributed by atoms with E-state index in [9.17, 15) is 8.42 Å². The summed E-state index contributed by atoms with van der Waals surface area (Å²) in [6.45, 7) is 5.34. The van der Waals surface area contributed by atoms with E-state index in [0.29, 0.717) is 30.8 Å². The van der Waals surface area contributed by atoms with Crippen LogP contribution in [0, 0.1) is 5.92 Å². The molecule has 1 unspecified atom stereocenters. The molecule has 3 fully saturated rings. The van der Waals surface area contributed by atoms with E-state index < -0.39 is 10.0 Å². The van der Waals surface area contributed by atoms with Gasteiger partial charge in [-0.2, -0.15) is 4.31 Å². The van der Waals surface area contributed by atoms with Gasteiger partial charge in [0.15, 0.2) is 0 Å². The van der Waals surface area contributed by atoms with Crippen molar-refractivity contribution in [3.05, 3.63) is 0 Å². The van der Waals surface area contributed by atoms with Crippen LogP contribution in [0.3, 0.4) is 0 Å². The molecule has 1 aliphatic carbocycles. The van der Waals surface area contributed by atoms with E-state index in [0.717, 1.165) is 39.0 Å². The second-order valence-corrected chi connectivity index (χ2v) is 8.88. The molecule has 1 atom stereocenters. The smallest absolute Gasteiger partial charge is 0.214 e. The lowest BCUT2D eigenvalue weighted by Crippen LogP contribution is -2.53. The number of nitrogens with zero attached hydrogens (tertiary/aromatic N) is 2. The summed E-state index contributed by atoms with van der Waals surface area (Å²) in [6.07, 6.45) is 7.12. The summed E-state index contributed by atoms with van der Waals surface area (Å²) in [5, 5.41) is 3.39. The van der Waals surface area contributed by atoms with Gasteiger partial charge in [0.1, 0.15) is 0 Å². The van der Waals surface area contributed by atoms with Crippen molar-refractivity contribution in [3.63, 3.8) is 0 Å². The van der Waals surface area contributed by atoms with Gasteiger partial charge in [0, 0.05) is 38.8 Å². The quantitative estimate of drug-likeness (QED) is 0.837. The maximum atomic E-state index is 12.6. The highest BCUT2D eigenvalue weighted by molar-refractivity contribution is 7.89. The highest BCUT2D eigenvalue weighted by atomic mass is 32.2. The number of sulfonamides is 1. The fourth-order valence-electron chi connectivity index (χ4n) is 4.06. The van der Waals surface area contributed by atoms with Crippen LogP contribution in [0.2, 0.25) is 0 Å². The Morgan fingerprint density at radius 1 is 0.952 bits per heavy atom. The first kappa shape index (κ1) is 15.7. The van der Waals surface area contributed by atoms with E-state index >= 15 is 0 Å². The van der Waals surface area contributed by atoms with Gasteiger partial charge in [0.2, 0.25) is 10.0 Å². The highest BCUT2D eigenvalue weighted by Crippen LogP contribution is 2.26. The second-order valence-electron chi connectivity index (χ2n) is 6.86. The Bertz CT molecular complexity index is 420. The Labute approximate surface area is 129 Å². The van der Waals surface area contributed by atoms with Crippen LogP contribution in [-0.2, 0) is 10.0 Å². The van der Waals surface area contributed by atoms with Crippen LogP contribution in [0.1, 0.15) is 38.5 Å². The Hall–Kier alpha value is -0.170. The standard InChI is InChI=1S/C15H29N3O2S/c19-21(20,13-14-4-2-1-3-5-14)18-10-8-17(9-11-18)15-6-7-16-12-15/h14-16H,1-13H2. The summed E-state index contributed by atoms with van der Waals surface area (Å²) in [6, 6.07) is 0.619. The predicted octanol–water partition coefficient (Wildman–Crippen LogP) is 0.876. The topological polar surface area (TPSA) is 52.7 Å². The van der Waals surface area contributed by atoms with Crippen molar-refractivity contribution in [2.45, 2.75) is 44.6 Å². The van der Waals surface area contributed by atoms with Gasteiger partial charge in [-0.25, -0.2) is 8.42 Å². The van der Waals surface area contributed by atoms with Crippen molar-refractivity contribution >= 4 is 10.0 Å². The van der Waals surface area contributed by atoms with E-state index in [2.05, 4.69) is 10.2 Å². The summed E-state index contributed by atoms with van der Waals surface area (Å²) in [5.74, 6) is 0.790. The van der Waals surface area contributed by atoms with Gasteiger partial charge in [0.25, 0.3) is 0 Å². The molecule has 3 aliphatic rings. The fraction of sp³-hybridized carbons (Fsp3) is 1.00. The van der Waals surface area contributed by atoms with Gasteiger partial charge >= 0.3 is 0 Å². The summed E-state index contributed by atoms with van der Waals surface area (Å²) in [5.41, 5.74) is 0. The van der Waals surface area contributed by atoms with Gasteiger partial charge in [-0.15, -0.1) is 0 Å². The first-order chi connectivity index (χ1) is 10.1. The minimum Gasteiger partial charge on any atom is -0.315 e. The maximum absolute atomic E-state index is 12.6. The molecular formula is C15H29N3O2S. The Kier molecular flexibility index (Phi) is 5.19. The summed E-state index contributed by atoms with van der Waals surface area (Å²) in [4.78, 5) is 2.46. The van der Waals surface area contributed by atoms with Crippen LogP contribution in [-0.4, -0.2) is 68.7 Å². The first-order valence-electron chi connectivity index (χ1n) is 8.58. The molecule has 1 saturated carbocycles. The monoisotopic (exact) mass is 315 g/mol. The molecule has 0 bridgehead atoms. The molecule has 0 aromatic heterocycles. The minimum absolute atomic E-state index is 0.387. The van der Waals surface area contributed by atoms with Gasteiger partial charge in [0.05, 0.1) is 5.75 Å². The minimum atomic E-state index is -3.04. The Balaban J connectivity index is 1.50. The lowest BCUT2D eigenvalue weighted by molar-refractivity contribution is 0.145. The molecule has 2 saturated heterocycles. The van der Waals surface area contributed by atoms with E-state index in [-0.39, 0.29) is 0 Å². The highest BCUT2D eigenvalue weighted by Gasteiger charge is 2.32. The third-order valence-electron chi connectivity index (χ3n) is 5.39. The first-order valence-corrected chi connectivity index (χ1v) is 10.2. The third-order valence-corrected chi connectivity index (χ3v) is 7.43. The zero-order valence-corrected chi connectivity index (χ0v) is 13.8. The van der Waals surface area contributed by atoms with Crippen molar-refractivity contribution in [1.82, 2.24) is 14.5 Å². The van der Waals surface area contributed by atoms with Crippen LogP contribution < -0.4 is 5.32 Å². The molecule has 21 heavy (non-hydrogen) atoms. The van der Waals surface area contributed by atoms with Gasteiger partial charge in [-0.05, 0) is 31.7 Å². The zero-order chi connectivity index (χ0) is 14.7. The maximum Gasteiger partial charge on any atom is 0.214 e. The molecule has 0 aromatic rings. The molecule has 1 N–H and O–H groups in total. The molecule has 3 rings (SSSR count). The van der Waals surface area contributed by atoms with Crippen LogP contribution in [0.25, 0.3) is 0 Å². The summed E-state index contributed by atoms with van der Waals surface area (Å²) >= 11 is 0. The predicted molar refractivity (Wildman–Crippen MR) is 84.8 cm³/mol. The van der Waals surface area contributed by atoms with Crippen molar-refractivity contribution in [2.24, 2.45) is 5.92 Å². The zero-order valence-electron chi connectivity index (χ0n) is 13.0. The number of hydrogen-bond donors (Lipinski definition) is 1. The molecule has 0 spiro atoms. The average Bonchev–Trinajstić information content (AvgIpc) is 3.02. The van der Waals surface area contributed by atoms with Crippen molar-refractivity contribution in [1.29, 1.82) is 0 Å². The van der Waals surface area contributed by atoms with E-state index in [4.69, 9.17) is 0 Å². The molecule has 2 aliphatic heterocycles. The SMILES string of the molecule is O=S(=O)(CC1CCCCC1)N1CCN(C2CCNC2)CC1. The van der Waals surface area contributed by atoms with Gasteiger partial charge in [-0.1, -0.05) is 19.3 Å². The van der Waals surface area contributed by atoms with Gasteiger partial charge in [-0.3, -0.25) is 4.90 Å². The number of piperazine rings is 1. The largest absolute Gasteiger partial charge is 0.315 e. The third kappa shape index (κ3) is 3.97. The van der Waals surface area contributed by atoms with Crippen molar-refractivity contribution < 1.29 is 8.42 Å². The second kappa shape index (κ2) is 6.94. The van der Waals surface area contributed by atoms with E-state index in [1.165, 1.54) is 25.7 Å². The molecular weight excluding hydrogens is 286 g/mol. The molecule has 122 valence electrons. The molecule has 0 amide bonds. The van der Waals surface area contributed by atoms with Crippen LogP contribution in [0.15, 0.2) is 0 Å². The lowest BCUT2D eigenvalue weighted by atomic mass is 9.91. The van der Waals surface area contributed by atoms with Crippen LogP contribution >= 0.6 is 0 Å². The van der Waals surface area contributed by atoms with Crippen molar-refractivity contribution in [3.8, 4) is 0 Å². The molecule has 0 radical (unpaired) electrons. The van der Waals surface area contributed by atoms with Gasteiger partial charge < -0.3 is 5.32 Å².